The average molecular weight is 386 g/mol. The summed E-state index contributed by atoms with van der Waals surface area (Å²) in [6.45, 7) is 4.29. The van der Waals surface area contributed by atoms with E-state index < -0.39 is 0 Å². The van der Waals surface area contributed by atoms with Crippen LogP contribution in [-0.2, 0) is 6.42 Å². The molecule has 0 saturated heterocycles. The van der Waals surface area contributed by atoms with Gasteiger partial charge in [-0.2, -0.15) is 5.10 Å². The lowest BCUT2D eigenvalue weighted by atomic mass is 9.96. The maximum absolute atomic E-state index is 4.63. The fourth-order valence-corrected chi connectivity index (χ4v) is 2.89. The monoisotopic (exact) mass is 384 g/mol. The van der Waals surface area contributed by atoms with E-state index in [2.05, 4.69) is 87.3 Å². The summed E-state index contributed by atoms with van der Waals surface area (Å²) >= 11 is 7.09. The average Bonchev–Trinajstić information content (AvgIpc) is 2.86. The van der Waals surface area contributed by atoms with Crippen molar-refractivity contribution in [1.82, 2.24) is 9.78 Å². The molecule has 2 nitrogen and oxygen atoms in total. The van der Waals surface area contributed by atoms with Crippen molar-refractivity contribution in [3.63, 3.8) is 0 Å². The number of benzene rings is 1. The minimum Gasteiger partial charge on any atom is -0.270 e. The lowest BCUT2D eigenvalue weighted by Crippen LogP contribution is -2.07. The molecule has 1 atom stereocenters. The van der Waals surface area contributed by atoms with E-state index in [0.717, 1.165) is 21.9 Å². The lowest BCUT2D eigenvalue weighted by molar-refractivity contribution is 0.524. The molecule has 0 fully saturated rings. The van der Waals surface area contributed by atoms with Crippen molar-refractivity contribution in [2.45, 2.75) is 32.2 Å². The van der Waals surface area contributed by atoms with E-state index in [1.54, 1.807) is 0 Å². The Bertz CT molecular complexity index is 517. The van der Waals surface area contributed by atoms with Crippen LogP contribution in [0.25, 0.3) is 0 Å². The van der Waals surface area contributed by atoms with Crippen molar-refractivity contribution in [1.29, 1.82) is 0 Å². The van der Waals surface area contributed by atoms with Crippen LogP contribution < -0.4 is 0 Å². The van der Waals surface area contributed by atoms with Gasteiger partial charge in [-0.05, 0) is 49.9 Å². The minimum absolute atomic E-state index is 0.420. The van der Waals surface area contributed by atoms with E-state index in [9.17, 15) is 0 Å². The highest BCUT2D eigenvalue weighted by Crippen LogP contribution is 2.24. The van der Waals surface area contributed by atoms with Gasteiger partial charge in [-0.3, -0.25) is 4.68 Å². The molecule has 2 aromatic rings. The molecule has 0 N–H and O–H groups in total. The van der Waals surface area contributed by atoms with Crippen LogP contribution >= 0.6 is 31.9 Å². The first-order valence-corrected chi connectivity index (χ1v) is 8.37. The molecule has 19 heavy (non-hydrogen) atoms. The molecule has 1 heterocycles. The molecule has 0 aliphatic rings. The second-order valence-electron chi connectivity index (χ2n) is 4.99. The third-order valence-corrected chi connectivity index (χ3v) is 4.49. The van der Waals surface area contributed by atoms with Crippen molar-refractivity contribution in [2.24, 2.45) is 0 Å². The Kier molecular flexibility index (Phi) is 5.22. The fraction of sp³-hybridized carbons (Fsp3) is 0.400. The van der Waals surface area contributed by atoms with Gasteiger partial charge in [-0.25, -0.2) is 0 Å². The maximum atomic E-state index is 4.63. The molecular formula is C15H18Br2N2. The zero-order valence-corrected chi connectivity index (χ0v) is 14.4. The molecule has 0 aliphatic carbocycles. The van der Waals surface area contributed by atoms with Gasteiger partial charge in [0.2, 0.25) is 0 Å². The largest absolute Gasteiger partial charge is 0.270 e. The topological polar surface area (TPSA) is 17.8 Å². The van der Waals surface area contributed by atoms with Gasteiger partial charge in [-0.15, -0.1) is 0 Å². The van der Waals surface area contributed by atoms with Gasteiger partial charge in [0.1, 0.15) is 0 Å². The number of hydrogen-bond donors (Lipinski definition) is 0. The molecular weight excluding hydrogens is 368 g/mol. The number of hydrogen-bond acceptors (Lipinski definition) is 1. The standard InChI is InChI=1S/C15H18Br2N2/c1-11(2)19-8-7-15(18-19)9-13(10-16)12-3-5-14(17)6-4-12/h3-8,11,13H,9-10H2,1-2H3. The number of nitrogens with zero attached hydrogens (tertiary/aromatic N) is 2. The van der Waals surface area contributed by atoms with Crippen LogP contribution in [0.4, 0.5) is 0 Å². The number of aromatic nitrogens is 2. The zero-order valence-electron chi connectivity index (χ0n) is 11.2. The Morgan fingerprint density at radius 2 is 1.84 bits per heavy atom. The summed E-state index contributed by atoms with van der Waals surface area (Å²) < 4.78 is 3.14. The van der Waals surface area contributed by atoms with Crippen LogP contribution in [0.2, 0.25) is 0 Å². The molecule has 0 bridgehead atoms. The number of halogens is 2. The van der Waals surface area contributed by atoms with Crippen molar-refractivity contribution in [3.8, 4) is 0 Å². The smallest absolute Gasteiger partial charge is 0.0631 e. The van der Waals surface area contributed by atoms with E-state index in [4.69, 9.17) is 0 Å². The lowest BCUT2D eigenvalue weighted by Gasteiger charge is -2.13. The van der Waals surface area contributed by atoms with Crippen LogP contribution in [0.15, 0.2) is 41.0 Å². The van der Waals surface area contributed by atoms with Crippen molar-refractivity contribution in [2.75, 3.05) is 5.33 Å². The number of rotatable bonds is 5. The van der Waals surface area contributed by atoms with E-state index in [1.165, 1.54) is 5.56 Å². The first-order valence-electron chi connectivity index (χ1n) is 6.45. The van der Waals surface area contributed by atoms with Gasteiger partial charge in [0, 0.05) is 22.0 Å². The van der Waals surface area contributed by atoms with Crippen molar-refractivity contribution >= 4 is 31.9 Å². The summed E-state index contributed by atoms with van der Waals surface area (Å²) in [5.74, 6) is 0.462. The van der Waals surface area contributed by atoms with Crippen LogP contribution in [0.3, 0.4) is 0 Å². The Hall–Kier alpha value is -0.610. The van der Waals surface area contributed by atoms with Gasteiger partial charge in [0.25, 0.3) is 0 Å². The van der Waals surface area contributed by atoms with E-state index in [1.807, 2.05) is 4.68 Å². The predicted molar refractivity (Wildman–Crippen MR) is 87.0 cm³/mol. The van der Waals surface area contributed by atoms with Crippen molar-refractivity contribution < 1.29 is 0 Å². The third-order valence-electron chi connectivity index (χ3n) is 3.18. The Morgan fingerprint density at radius 1 is 1.16 bits per heavy atom. The molecule has 0 saturated carbocycles. The highest BCUT2D eigenvalue weighted by Gasteiger charge is 2.13. The molecule has 1 aromatic carbocycles. The normalized spacial score (nSPS) is 12.9. The summed E-state index contributed by atoms with van der Waals surface area (Å²) in [4.78, 5) is 0. The number of alkyl halides is 1. The third kappa shape index (κ3) is 3.93. The summed E-state index contributed by atoms with van der Waals surface area (Å²) in [6, 6.07) is 11.1. The van der Waals surface area contributed by atoms with E-state index in [-0.39, 0.29) is 0 Å². The molecule has 2 rings (SSSR count). The zero-order chi connectivity index (χ0) is 13.8. The quantitative estimate of drug-likeness (QED) is 0.666. The summed E-state index contributed by atoms with van der Waals surface area (Å²) in [6.07, 6.45) is 3.03. The maximum Gasteiger partial charge on any atom is 0.0631 e. The highest BCUT2D eigenvalue weighted by molar-refractivity contribution is 9.10. The van der Waals surface area contributed by atoms with Gasteiger partial charge < -0.3 is 0 Å². The Labute approximate surface area is 131 Å². The minimum atomic E-state index is 0.420. The highest BCUT2D eigenvalue weighted by atomic mass is 79.9. The van der Waals surface area contributed by atoms with Gasteiger partial charge in [-0.1, -0.05) is 44.0 Å². The molecule has 0 spiro atoms. The van der Waals surface area contributed by atoms with Gasteiger partial charge in [0.15, 0.2) is 0 Å². The van der Waals surface area contributed by atoms with E-state index >= 15 is 0 Å². The molecule has 4 heteroatoms. The second-order valence-corrected chi connectivity index (χ2v) is 6.55. The second kappa shape index (κ2) is 6.71. The van der Waals surface area contributed by atoms with E-state index in [0.29, 0.717) is 12.0 Å². The molecule has 102 valence electrons. The molecule has 1 aromatic heterocycles. The van der Waals surface area contributed by atoms with Gasteiger partial charge >= 0.3 is 0 Å². The van der Waals surface area contributed by atoms with Crippen LogP contribution in [0.1, 0.15) is 37.1 Å². The van der Waals surface area contributed by atoms with Crippen LogP contribution in [0.5, 0.6) is 0 Å². The molecule has 0 radical (unpaired) electrons. The van der Waals surface area contributed by atoms with Crippen LogP contribution in [-0.4, -0.2) is 15.1 Å². The first kappa shape index (κ1) is 14.8. The van der Waals surface area contributed by atoms with Crippen molar-refractivity contribution in [3.05, 3.63) is 52.3 Å². The Morgan fingerprint density at radius 3 is 2.37 bits per heavy atom. The first-order chi connectivity index (χ1) is 9.10. The predicted octanol–water partition coefficient (Wildman–Crippen LogP) is 4.95. The fourth-order valence-electron chi connectivity index (χ4n) is 2.02. The molecule has 1 unspecified atom stereocenters. The molecule has 0 amide bonds. The van der Waals surface area contributed by atoms with Gasteiger partial charge in [0.05, 0.1) is 5.69 Å². The Balaban J connectivity index is 2.12. The SMILES string of the molecule is CC(C)n1ccc(CC(CBr)c2ccc(Br)cc2)n1. The molecule has 0 aliphatic heterocycles. The summed E-state index contributed by atoms with van der Waals surface area (Å²) in [7, 11) is 0. The summed E-state index contributed by atoms with van der Waals surface area (Å²) in [5.41, 5.74) is 2.50. The van der Waals surface area contributed by atoms with Crippen LogP contribution in [0, 0.1) is 0 Å². The summed E-state index contributed by atoms with van der Waals surface area (Å²) in [5, 5.41) is 5.57.